The van der Waals surface area contributed by atoms with Gasteiger partial charge in [0.15, 0.2) is 0 Å². The molecule has 0 bridgehead atoms. The Morgan fingerprint density at radius 3 is 2.65 bits per heavy atom. The van der Waals surface area contributed by atoms with Gasteiger partial charge < -0.3 is 15.8 Å². The van der Waals surface area contributed by atoms with Crippen molar-refractivity contribution in [3.8, 4) is 5.75 Å². The fourth-order valence-corrected chi connectivity index (χ4v) is 1.72. The fourth-order valence-electron chi connectivity index (χ4n) is 1.72. The first-order valence-corrected chi connectivity index (χ1v) is 6.02. The Hall–Kier alpha value is -1.71. The lowest BCUT2D eigenvalue weighted by Crippen LogP contribution is -2.36. The van der Waals surface area contributed by atoms with Crippen LogP contribution in [0.2, 0.25) is 0 Å². The van der Waals surface area contributed by atoms with Gasteiger partial charge in [0.2, 0.25) is 5.91 Å². The second kappa shape index (κ2) is 5.57. The summed E-state index contributed by atoms with van der Waals surface area (Å²) < 4.78 is 5.47. The zero-order chi connectivity index (χ0) is 12.1. The molecule has 1 aromatic carbocycles. The van der Waals surface area contributed by atoms with Crippen molar-refractivity contribution < 1.29 is 9.53 Å². The van der Waals surface area contributed by atoms with Crippen LogP contribution in [0.15, 0.2) is 24.3 Å². The minimum Gasteiger partial charge on any atom is -0.492 e. The molecule has 1 aliphatic carbocycles. The number of carbonyl (C=O) groups is 1. The molecule has 4 nitrogen and oxygen atoms in total. The number of hydrogen-bond acceptors (Lipinski definition) is 3. The van der Waals surface area contributed by atoms with Crippen LogP contribution in [0.4, 0.5) is 5.69 Å². The minimum atomic E-state index is 0.164. The number of benzene rings is 1. The molecule has 0 unspecified atom stereocenters. The third-order valence-corrected chi connectivity index (χ3v) is 3.03. The lowest BCUT2D eigenvalue weighted by atomic mass is 9.85. The van der Waals surface area contributed by atoms with E-state index in [1.54, 1.807) is 12.1 Å². The zero-order valence-electron chi connectivity index (χ0n) is 9.82. The molecule has 1 saturated carbocycles. The monoisotopic (exact) mass is 234 g/mol. The van der Waals surface area contributed by atoms with Crippen LogP contribution >= 0.6 is 0 Å². The lowest BCUT2D eigenvalue weighted by Gasteiger charge is -2.23. The zero-order valence-corrected chi connectivity index (χ0v) is 9.82. The summed E-state index contributed by atoms with van der Waals surface area (Å²) in [5.74, 6) is 1.18. The normalized spacial score (nSPS) is 15.1. The van der Waals surface area contributed by atoms with E-state index in [2.05, 4.69) is 5.32 Å². The van der Waals surface area contributed by atoms with E-state index in [1.807, 2.05) is 12.1 Å². The number of nitrogens with one attached hydrogen (secondary N) is 1. The second-order valence-electron chi connectivity index (χ2n) is 4.34. The third-order valence-electron chi connectivity index (χ3n) is 3.03. The van der Waals surface area contributed by atoms with E-state index < -0.39 is 0 Å². The lowest BCUT2D eigenvalue weighted by molar-refractivity contribution is -0.127. The first-order valence-electron chi connectivity index (χ1n) is 6.02. The van der Waals surface area contributed by atoms with Gasteiger partial charge in [-0.25, -0.2) is 0 Å². The molecular formula is C13H18N2O2. The van der Waals surface area contributed by atoms with E-state index in [0.29, 0.717) is 13.2 Å². The SMILES string of the molecule is Nc1ccc(OCCNC(=O)C2CCC2)cc1. The molecule has 4 heteroatoms. The molecule has 1 aromatic rings. The average Bonchev–Trinajstić information content (AvgIpc) is 2.24. The second-order valence-corrected chi connectivity index (χ2v) is 4.34. The molecule has 0 heterocycles. The van der Waals surface area contributed by atoms with Crippen LogP contribution < -0.4 is 15.8 Å². The molecular weight excluding hydrogens is 216 g/mol. The van der Waals surface area contributed by atoms with Crippen LogP contribution in [-0.2, 0) is 4.79 Å². The van der Waals surface area contributed by atoms with Crippen LogP contribution in [0.3, 0.4) is 0 Å². The van der Waals surface area contributed by atoms with Crippen molar-refractivity contribution in [1.29, 1.82) is 0 Å². The highest BCUT2D eigenvalue weighted by Gasteiger charge is 2.24. The van der Waals surface area contributed by atoms with Gasteiger partial charge in [-0.3, -0.25) is 4.79 Å². The number of rotatable bonds is 5. The van der Waals surface area contributed by atoms with Gasteiger partial charge >= 0.3 is 0 Å². The first-order chi connectivity index (χ1) is 8.25. The molecule has 0 saturated heterocycles. The van der Waals surface area contributed by atoms with Crippen LogP contribution in [0.5, 0.6) is 5.75 Å². The van der Waals surface area contributed by atoms with E-state index in [-0.39, 0.29) is 11.8 Å². The Balaban J connectivity index is 1.62. The Bertz CT molecular complexity index is 372. The molecule has 0 aliphatic heterocycles. The molecule has 0 atom stereocenters. The molecule has 2 rings (SSSR count). The van der Waals surface area contributed by atoms with Gasteiger partial charge in [0, 0.05) is 11.6 Å². The van der Waals surface area contributed by atoms with Gasteiger partial charge in [-0.15, -0.1) is 0 Å². The smallest absolute Gasteiger partial charge is 0.223 e. The van der Waals surface area contributed by atoms with E-state index in [9.17, 15) is 4.79 Å². The average molecular weight is 234 g/mol. The topological polar surface area (TPSA) is 64.3 Å². The Morgan fingerprint density at radius 1 is 1.35 bits per heavy atom. The highest BCUT2D eigenvalue weighted by Crippen LogP contribution is 2.25. The summed E-state index contributed by atoms with van der Waals surface area (Å²) in [7, 11) is 0. The van der Waals surface area contributed by atoms with Gasteiger partial charge in [0.25, 0.3) is 0 Å². The number of hydrogen-bond donors (Lipinski definition) is 2. The van der Waals surface area contributed by atoms with E-state index in [4.69, 9.17) is 10.5 Å². The van der Waals surface area contributed by atoms with Crippen molar-refractivity contribution >= 4 is 11.6 Å². The molecule has 0 radical (unpaired) electrons. The number of nitrogen functional groups attached to an aromatic ring is 1. The van der Waals surface area contributed by atoms with E-state index >= 15 is 0 Å². The third kappa shape index (κ3) is 3.37. The van der Waals surface area contributed by atoms with Crippen LogP contribution in [0.1, 0.15) is 19.3 Å². The molecule has 0 aromatic heterocycles. The molecule has 1 amide bonds. The summed E-state index contributed by atoms with van der Waals surface area (Å²) in [6.07, 6.45) is 3.25. The highest BCUT2D eigenvalue weighted by molar-refractivity contribution is 5.79. The molecule has 1 aliphatic rings. The van der Waals surface area contributed by atoms with Gasteiger partial charge in [0.1, 0.15) is 12.4 Å². The van der Waals surface area contributed by atoms with E-state index in [1.165, 1.54) is 6.42 Å². The van der Waals surface area contributed by atoms with Crippen molar-refractivity contribution in [2.75, 3.05) is 18.9 Å². The van der Waals surface area contributed by atoms with Crippen LogP contribution in [-0.4, -0.2) is 19.1 Å². The van der Waals surface area contributed by atoms with Crippen molar-refractivity contribution in [3.05, 3.63) is 24.3 Å². The minimum absolute atomic E-state index is 0.164. The summed E-state index contributed by atoms with van der Waals surface area (Å²) in [6.45, 7) is 1.04. The Morgan fingerprint density at radius 2 is 2.06 bits per heavy atom. The van der Waals surface area contributed by atoms with Crippen molar-refractivity contribution in [1.82, 2.24) is 5.32 Å². The summed E-state index contributed by atoms with van der Waals surface area (Å²) in [6, 6.07) is 7.23. The van der Waals surface area contributed by atoms with E-state index in [0.717, 1.165) is 24.3 Å². The van der Waals surface area contributed by atoms with Crippen molar-refractivity contribution in [2.24, 2.45) is 5.92 Å². The Labute approximate surface area is 101 Å². The molecule has 3 N–H and O–H groups in total. The van der Waals surface area contributed by atoms with Gasteiger partial charge in [0.05, 0.1) is 6.54 Å². The first kappa shape index (κ1) is 11.8. The van der Waals surface area contributed by atoms with Crippen LogP contribution in [0, 0.1) is 5.92 Å². The summed E-state index contributed by atoms with van der Waals surface area (Å²) in [5.41, 5.74) is 6.28. The fraction of sp³-hybridized carbons (Fsp3) is 0.462. The molecule has 17 heavy (non-hydrogen) atoms. The van der Waals surface area contributed by atoms with Crippen LogP contribution in [0.25, 0.3) is 0 Å². The number of amides is 1. The standard InChI is InChI=1S/C13H18N2O2/c14-11-4-6-12(7-5-11)17-9-8-15-13(16)10-2-1-3-10/h4-7,10H,1-3,8-9,14H2,(H,15,16). The van der Waals surface area contributed by atoms with Gasteiger partial charge in [-0.2, -0.15) is 0 Å². The summed E-state index contributed by atoms with van der Waals surface area (Å²) in [4.78, 5) is 11.5. The predicted molar refractivity (Wildman–Crippen MR) is 66.7 cm³/mol. The molecule has 1 fully saturated rings. The maximum Gasteiger partial charge on any atom is 0.223 e. The summed E-state index contributed by atoms with van der Waals surface area (Å²) in [5, 5.41) is 2.88. The number of nitrogens with two attached hydrogens (primary N) is 1. The van der Waals surface area contributed by atoms with Crippen molar-refractivity contribution in [3.63, 3.8) is 0 Å². The largest absolute Gasteiger partial charge is 0.492 e. The number of anilines is 1. The Kier molecular flexibility index (Phi) is 3.85. The number of ether oxygens (including phenoxy) is 1. The van der Waals surface area contributed by atoms with Crippen molar-refractivity contribution in [2.45, 2.75) is 19.3 Å². The van der Waals surface area contributed by atoms with Gasteiger partial charge in [-0.1, -0.05) is 6.42 Å². The molecule has 0 spiro atoms. The maximum atomic E-state index is 11.5. The van der Waals surface area contributed by atoms with Gasteiger partial charge in [-0.05, 0) is 37.1 Å². The number of carbonyl (C=O) groups excluding carboxylic acids is 1. The quantitative estimate of drug-likeness (QED) is 0.600. The predicted octanol–water partition coefficient (Wildman–Crippen LogP) is 1.56. The maximum absolute atomic E-state index is 11.5. The summed E-state index contributed by atoms with van der Waals surface area (Å²) >= 11 is 0. The highest BCUT2D eigenvalue weighted by atomic mass is 16.5. The molecule has 92 valence electrons.